The number of carbonyl (C=O) groups is 3. The van der Waals surface area contributed by atoms with Gasteiger partial charge in [0.05, 0.1) is 18.6 Å². The number of nitrogens with zero attached hydrogens (tertiary/aromatic N) is 6. The minimum atomic E-state index is -3.53. The molecule has 0 aromatic carbocycles. The Labute approximate surface area is 247 Å². The molecule has 234 valence electrons. The third-order valence-electron chi connectivity index (χ3n) is 6.68. The lowest BCUT2D eigenvalue weighted by molar-refractivity contribution is -0.158. The molecule has 0 aliphatic rings. The fraction of sp³-hybridized carbons (Fsp3) is 0.600. The Hall–Kier alpha value is -3.70. The van der Waals surface area contributed by atoms with Crippen LogP contribution in [0.3, 0.4) is 0 Å². The highest BCUT2D eigenvalue weighted by molar-refractivity contribution is 5.83. The quantitative estimate of drug-likeness (QED) is 0.327. The van der Waals surface area contributed by atoms with Crippen molar-refractivity contribution in [1.82, 2.24) is 34.7 Å². The van der Waals surface area contributed by atoms with Crippen molar-refractivity contribution < 1.29 is 23.2 Å². The second-order valence-electron chi connectivity index (χ2n) is 11.5. The number of Topliss-reactive ketones (excluding diaryl/α,β-unsaturated/α-hetero) is 2. The van der Waals surface area contributed by atoms with E-state index in [0.29, 0.717) is 35.2 Å². The van der Waals surface area contributed by atoms with E-state index < -0.39 is 17.4 Å². The molecule has 0 aliphatic heterocycles. The molecule has 42 heavy (non-hydrogen) atoms. The molecule has 1 amide bonds. The van der Waals surface area contributed by atoms with Gasteiger partial charge in [-0.15, -0.1) is 0 Å². The highest BCUT2D eigenvalue weighted by atomic mass is 19.3. The van der Waals surface area contributed by atoms with Gasteiger partial charge in [0.2, 0.25) is 11.7 Å². The molecule has 0 bridgehead atoms. The summed E-state index contributed by atoms with van der Waals surface area (Å²) in [5, 5.41) is 14.6. The number of rotatable bonds is 10. The van der Waals surface area contributed by atoms with Gasteiger partial charge in [0.1, 0.15) is 12.1 Å². The van der Waals surface area contributed by atoms with E-state index in [1.54, 1.807) is 16.3 Å². The molecule has 0 radical (unpaired) electrons. The SMILES string of the molecule is CC(=O)C(C)(C)n1cc(C(C)C)cn1.CC(=O)C(F)(F)n1cc(C(C)C)cn1.CCNC(=O)Cn1cc(C(C)C)cn1. The van der Waals surface area contributed by atoms with Gasteiger partial charge in [-0.3, -0.25) is 23.7 Å². The number of nitrogens with one attached hydrogen (secondary N) is 1. The molecule has 0 saturated heterocycles. The van der Waals surface area contributed by atoms with E-state index in [1.807, 2.05) is 59.4 Å². The number of aromatic nitrogens is 6. The van der Waals surface area contributed by atoms with Crippen molar-refractivity contribution in [2.45, 2.75) is 112 Å². The van der Waals surface area contributed by atoms with Crippen LogP contribution in [0.5, 0.6) is 0 Å². The summed E-state index contributed by atoms with van der Waals surface area (Å²) in [5.74, 6) is -0.0614. The summed E-state index contributed by atoms with van der Waals surface area (Å²) < 4.78 is 30.0. The maximum absolute atomic E-state index is 13.1. The molecular weight excluding hydrogens is 544 g/mol. The molecule has 3 aromatic rings. The minimum absolute atomic E-state index is 0.00547. The molecule has 10 nitrogen and oxygen atoms in total. The fourth-order valence-corrected chi connectivity index (χ4v) is 3.22. The summed E-state index contributed by atoms with van der Waals surface area (Å²) in [6, 6.07) is -3.53. The molecule has 1 N–H and O–H groups in total. The molecule has 0 aliphatic carbocycles. The van der Waals surface area contributed by atoms with Crippen molar-refractivity contribution in [2.75, 3.05) is 6.54 Å². The largest absolute Gasteiger partial charge is 0.402 e. The number of alkyl halides is 2. The van der Waals surface area contributed by atoms with E-state index in [4.69, 9.17) is 0 Å². The number of halogens is 2. The highest BCUT2D eigenvalue weighted by Crippen LogP contribution is 2.23. The molecule has 3 aromatic heterocycles. The Morgan fingerprint density at radius 2 is 1.19 bits per heavy atom. The van der Waals surface area contributed by atoms with Gasteiger partial charge in [-0.25, -0.2) is 4.68 Å². The zero-order valence-electron chi connectivity index (χ0n) is 26.8. The Morgan fingerprint density at radius 3 is 1.57 bits per heavy atom. The van der Waals surface area contributed by atoms with Crippen LogP contribution in [0.1, 0.15) is 111 Å². The summed E-state index contributed by atoms with van der Waals surface area (Å²) in [6.45, 7) is 21.2. The standard InChI is InChI=1S/C11H18N2O.C10H17N3O.C9H12F2N2O/c1-8(2)10-6-12-13(7-10)11(4,5)9(3)14;1-4-11-10(14)7-13-6-9(5-12-13)8(2)3;1-6(2)8-4-12-13(5-8)9(10,11)7(3)14/h6-8H,1-5H3;5-6,8H,4,7H2,1-3H3,(H,11,14);4-6H,1-3H3. The lowest BCUT2D eigenvalue weighted by Crippen LogP contribution is -2.34. The van der Waals surface area contributed by atoms with Crippen molar-refractivity contribution in [3.63, 3.8) is 0 Å². The number of amides is 1. The molecule has 0 spiro atoms. The average molecular weight is 592 g/mol. The first-order chi connectivity index (χ1) is 19.3. The first-order valence-electron chi connectivity index (χ1n) is 14.1. The van der Waals surface area contributed by atoms with Gasteiger partial charge in [-0.2, -0.15) is 24.1 Å². The topological polar surface area (TPSA) is 117 Å². The molecule has 0 unspecified atom stereocenters. The number of ketones is 2. The van der Waals surface area contributed by atoms with Crippen LogP contribution in [0.25, 0.3) is 0 Å². The molecule has 0 atom stereocenters. The van der Waals surface area contributed by atoms with Crippen LogP contribution in [0.2, 0.25) is 0 Å². The van der Waals surface area contributed by atoms with E-state index in [-0.39, 0.29) is 17.6 Å². The lowest BCUT2D eigenvalue weighted by atomic mass is 10.0. The summed E-state index contributed by atoms with van der Waals surface area (Å²) in [7, 11) is 0. The normalized spacial score (nSPS) is 11.6. The molecule has 0 saturated carbocycles. The van der Waals surface area contributed by atoms with Crippen molar-refractivity contribution in [2.24, 2.45) is 0 Å². The maximum Gasteiger partial charge on any atom is 0.402 e. The van der Waals surface area contributed by atoms with Crippen molar-refractivity contribution in [1.29, 1.82) is 0 Å². The number of likely N-dealkylation sites (N-methyl/N-ethyl adjacent to an activating group) is 1. The summed E-state index contributed by atoms with van der Waals surface area (Å²) >= 11 is 0. The van der Waals surface area contributed by atoms with Crippen LogP contribution in [0.15, 0.2) is 37.2 Å². The van der Waals surface area contributed by atoms with Crippen molar-refractivity contribution in [3.05, 3.63) is 53.9 Å². The predicted molar refractivity (Wildman–Crippen MR) is 159 cm³/mol. The molecule has 3 rings (SSSR count). The van der Waals surface area contributed by atoms with Crippen LogP contribution in [-0.4, -0.2) is 53.4 Å². The van der Waals surface area contributed by atoms with Gasteiger partial charge in [-0.05, 0) is 62.1 Å². The van der Waals surface area contributed by atoms with Gasteiger partial charge in [0.25, 0.3) is 0 Å². The number of hydrogen-bond donors (Lipinski definition) is 1. The predicted octanol–water partition coefficient (Wildman–Crippen LogP) is 5.62. The van der Waals surface area contributed by atoms with Gasteiger partial charge >= 0.3 is 6.05 Å². The van der Waals surface area contributed by atoms with E-state index in [1.165, 1.54) is 18.0 Å². The summed E-state index contributed by atoms with van der Waals surface area (Å²) in [4.78, 5) is 33.2. The smallest absolute Gasteiger partial charge is 0.355 e. The Kier molecular flexibility index (Phi) is 13.4. The van der Waals surface area contributed by atoms with Gasteiger partial charge in [0, 0.05) is 32.1 Å². The maximum atomic E-state index is 13.1. The van der Waals surface area contributed by atoms with Crippen molar-refractivity contribution in [3.8, 4) is 0 Å². The number of carbonyl (C=O) groups excluding carboxylic acids is 3. The van der Waals surface area contributed by atoms with E-state index in [0.717, 1.165) is 12.5 Å². The van der Waals surface area contributed by atoms with E-state index in [9.17, 15) is 23.2 Å². The van der Waals surface area contributed by atoms with Crippen LogP contribution < -0.4 is 5.32 Å². The zero-order valence-corrected chi connectivity index (χ0v) is 26.8. The molecule has 0 fully saturated rings. The van der Waals surface area contributed by atoms with Crippen LogP contribution in [0.4, 0.5) is 8.78 Å². The third-order valence-corrected chi connectivity index (χ3v) is 6.68. The fourth-order valence-electron chi connectivity index (χ4n) is 3.22. The minimum Gasteiger partial charge on any atom is -0.355 e. The summed E-state index contributed by atoms with van der Waals surface area (Å²) in [5.41, 5.74) is 2.48. The Balaban J connectivity index is 0.000000315. The third kappa shape index (κ3) is 10.3. The first kappa shape index (κ1) is 36.3. The Bertz CT molecular complexity index is 1240. The van der Waals surface area contributed by atoms with E-state index >= 15 is 0 Å². The second-order valence-corrected chi connectivity index (χ2v) is 11.5. The monoisotopic (exact) mass is 591 g/mol. The molecule has 12 heteroatoms. The van der Waals surface area contributed by atoms with Gasteiger partial charge in [0.15, 0.2) is 5.78 Å². The average Bonchev–Trinajstić information content (AvgIpc) is 3.65. The van der Waals surface area contributed by atoms with Crippen LogP contribution >= 0.6 is 0 Å². The molecule has 3 heterocycles. The number of hydrogen-bond acceptors (Lipinski definition) is 6. The highest BCUT2D eigenvalue weighted by Gasteiger charge is 2.38. The van der Waals surface area contributed by atoms with Crippen molar-refractivity contribution >= 4 is 17.5 Å². The zero-order chi connectivity index (χ0) is 32.4. The second kappa shape index (κ2) is 15.5. The first-order valence-corrected chi connectivity index (χ1v) is 14.1. The van der Waals surface area contributed by atoms with E-state index in [2.05, 4.69) is 48.3 Å². The van der Waals surface area contributed by atoms with Gasteiger partial charge < -0.3 is 5.32 Å². The summed E-state index contributed by atoms with van der Waals surface area (Å²) in [6.07, 6.45) is 10.1. The Morgan fingerprint density at radius 1 is 0.762 bits per heavy atom. The van der Waals surface area contributed by atoms with Crippen LogP contribution in [0, 0.1) is 0 Å². The lowest BCUT2D eigenvalue weighted by Gasteiger charge is -2.21. The van der Waals surface area contributed by atoms with Crippen LogP contribution in [-0.2, 0) is 32.5 Å². The molecular formula is C30H47F2N7O3. The van der Waals surface area contributed by atoms with Gasteiger partial charge in [-0.1, -0.05) is 41.5 Å².